The zero-order valence-electron chi connectivity index (χ0n) is 11.8. The van der Waals surface area contributed by atoms with Crippen molar-refractivity contribution in [2.24, 2.45) is 0 Å². The molecule has 1 amide bonds. The Morgan fingerprint density at radius 1 is 1.60 bits per heavy atom. The van der Waals surface area contributed by atoms with Gasteiger partial charge in [0.25, 0.3) is 5.91 Å². The summed E-state index contributed by atoms with van der Waals surface area (Å²) in [6.45, 7) is 6.48. The van der Waals surface area contributed by atoms with Crippen LogP contribution in [0.25, 0.3) is 0 Å². The van der Waals surface area contributed by atoms with Crippen LogP contribution in [-0.2, 0) is 6.54 Å². The second-order valence-corrected chi connectivity index (χ2v) is 4.67. The average molecular weight is 277 g/mol. The van der Waals surface area contributed by atoms with Gasteiger partial charge in [0.15, 0.2) is 0 Å². The molecule has 2 aromatic rings. The summed E-state index contributed by atoms with van der Waals surface area (Å²) in [7, 11) is 0. The van der Waals surface area contributed by atoms with Gasteiger partial charge in [-0.05, 0) is 20.3 Å². The summed E-state index contributed by atoms with van der Waals surface area (Å²) in [5, 5.41) is 13.6. The van der Waals surface area contributed by atoms with Crippen LogP contribution in [-0.4, -0.2) is 30.9 Å². The van der Waals surface area contributed by atoms with Gasteiger partial charge in [0.1, 0.15) is 5.82 Å². The molecule has 0 radical (unpaired) electrons. The van der Waals surface area contributed by atoms with Crippen molar-refractivity contribution >= 4 is 11.9 Å². The minimum absolute atomic E-state index is 0.160. The van der Waals surface area contributed by atoms with Crippen LogP contribution < -0.4 is 11.1 Å². The molecule has 2 aromatic heterocycles. The number of hydrogen-bond donors (Lipinski definition) is 3. The fourth-order valence-corrected chi connectivity index (χ4v) is 1.91. The highest BCUT2D eigenvalue weighted by atomic mass is 16.1. The summed E-state index contributed by atoms with van der Waals surface area (Å²) in [6.07, 6.45) is 2.73. The zero-order chi connectivity index (χ0) is 14.7. The van der Waals surface area contributed by atoms with Crippen molar-refractivity contribution in [3.8, 4) is 0 Å². The third kappa shape index (κ3) is 2.95. The van der Waals surface area contributed by atoms with Gasteiger partial charge >= 0.3 is 0 Å². The Balaban J connectivity index is 2.08. The lowest BCUT2D eigenvalue weighted by atomic mass is 10.2. The molecule has 8 heteroatoms. The number of nitrogens with one attached hydrogen (secondary N) is 2. The SMILES string of the molecule is CCCn1cc(C(=O)N[C@H](C)c2nc(N)n[nH]2)c(C)n1. The Morgan fingerprint density at radius 2 is 2.35 bits per heavy atom. The van der Waals surface area contributed by atoms with Gasteiger partial charge in [-0.15, -0.1) is 5.10 Å². The number of H-pyrrole nitrogens is 1. The molecule has 4 N–H and O–H groups in total. The molecule has 2 rings (SSSR count). The monoisotopic (exact) mass is 277 g/mol. The number of anilines is 1. The van der Waals surface area contributed by atoms with Crippen molar-refractivity contribution in [3.63, 3.8) is 0 Å². The van der Waals surface area contributed by atoms with Crippen LogP contribution in [0.4, 0.5) is 5.95 Å². The van der Waals surface area contributed by atoms with E-state index in [1.54, 1.807) is 10.9 Å². The predicted octanol–water partition coefficient (Wildman–Crippen LogP) is 0.793. The largest absolute Gasteiger partial charge is 0.367 e. The normalized spacial score (nSPS) is 12.3. The Kier molecular flexibility index (Phi) is 4.02. The average Bonchev–Trinajstić information content (AvgIpc) is 2.96. The van der Waals surface area contributed by atoms with E-state index in [9.17, 15) is 4.79 Å². The maximum Gasteiger partial charge on any atom is 0.255 e. The fraction of sp³-hybridized carbons (Fsp3) is 0.500. The Hall–Kier alpha value is -2.38. The Labute approximate surface area is 116 Å². The van der Waals surface area contributed by atoms with E-state index in [0.29, 0.717) is 17.1 Å². The summed E-state index contributed by atoms with van der Waals surface area (Å²) in [5.41, 5.74) is 6.72. The van der Waals surface area contributed by atoms with Gasteiger partial charge in [0.05, 0.1) is 17.3 Å². The molecule has 0 saturated heterocycles. The van der Waals surface area contributed by atoms with Crippen molar-refractivity contribution in [1.82, 2.24) is 30.3 Å². The summed E-state index contributed by atoms with van der Waals surface area (Å²) < 4.78 is 1.78. The lowest BCUT2D eigenvalue weighted by Crippen LogP contribution is -2.27. The van der Waals surface area contributed by atoms with E-state index in [-0.39, 0.29) is 17.9 Å². The first-order valence-corrected chi connectivity index (χ1v) is 6.54. The summed E-state index contributed by atoms with van der Waals surface area (Å²) in [5.74, 6) is 0.495. The van der Waals surface area contributed by atoms with Gasteiger partial charge in [0.2, 0.25) is 5.95 Å². The van der Waals surface area contributed by atoms with E-state index >= 15 is 0 Å². The highest BCUT2D eigenvalue weighted by molar-refractivity contribution is 5.95. The van der Waals surface area contributed by atoms with Gasteiger partial charge in [-0.25, -0.2) is 0 Å². The van der Waals surface area contributed by atoms with Gasteiger partial charge in [0, 0.05) is 12.7 Å². The van der Waals surface area contributed by atoms with Crippen LogP contribution in [0.2, 0.25) is 0 Å². The number of carbonyl (C=O) groups excluding carboxylic acids is 1. The van der Waals surface area contributed by atoms with Crippen LogP contribution in [0.5, 0.6) is 0 Å². The van der Waals surface area contributed by atoms with Crippen LogP contribution in [0.1, 0.15) is 48.2 Å². The molecule has 0 saturated carbocycles. The minimum Gasteiger partial charge on any atom is -0.367 e. The highest BCUT2D eigenvalue weighted by Gasteiger charge is 2.18. The second kappa shape index (κ2) is 5.72. The molecule has 108 valence electrons. The maximum atomic E-state index is 12.2. The minimum atomic E-state index is -0.304. The number of nitrogens with zero attached hydrogens (tertiary/aromatic N) is 4. The first-order chi connectivity index (χ1) is 9.51. The highest BCUT2D eigenvalue weighted by Crippen LogP contribution is 2.11. The molecule has 0 bridgehead atoms. The number of nitrogens with two attached hydrogens (primary N) is 1. The fourth-order valence-electron chi connectivity index (χ4n) is 1.91. The standard InChI is InChI=1S/C12H19N7O/c1-4-5-19-6-9(7(2)18-19)11(20)14-8(3)10-15-12(13)17-16-10/h6,8H,4-5H2,1-3H3,(H,14,20)(H3,13,15,16,17)/t8-/m1/s1. The summed E-state index contributed by atoms with van der Waals surface area (Å²) in [4.78, 5) is 16.2. The maximum absolute atomic E-state index is 12.2. The number of rotatable bonds is 5. The van der Waals surface area contributed by atoms with Gasteiger partial charge < -0.3 is 11.1 Å². The molecule has 0 fully saturated rings. The van der Waals surface area contributed by atoms with E-state index in [1.807, 2.05) is 13.8 Å². The van der Waals surface area contributed by atoms with E-state index < -0.39 is 0 Å². The Morgan fingerprint density at radius 3 is 2.95 bits per heavy atom. The smallest absolute Gasteiger partial charge is 0.255 e. The number of amides is 1. The quantitative estimate of drug-likeness (QED) is 0.747. The number of nitrogen functional groups attached to an aromatic ring is 1. The molecular formula is C12H19N7O. The predicted molar refractivity (Wildman–Crippen MR) is 73.9 cm³/mol. The summed E-state index contributed by atoms with van der Waals surface area (Å²) in [6, 6.07) is -0.304. The van der Waals surface area contributed by atoms with Crippen LogP contribution in [0.3, 0.4) is 0 Å². The third-order valence-electron chi connectivity index (χ3n) is 2.92. The molecule has 2 heterocycles. The molecule has 0 aliphatic carbocycles. The number of aromatic amines is 1. The Bertz CT molecular complexity index is 601. The van der Waals surface area contributed by atoms with E-state index in [2.05, 4.69) is 32.5 Å². The molecular weight excluding hydrogens is 258 g/mol. The van der Waals surface area contributed by atoms with Crippen molar-refractivity contribution in [2.75, 3.05) is 5.73 Å². The van der Waals surface area contributed by atoms with Crippen LogP contribution in [0.15, 0.2) is 6.20 Å². The van der Waals surface area contributed by atoms with Gasteiger partial charge in [-0.3, -0.25) is 14.6 Å². The lowest BCUT2D eigenvalue weighted by Gasteiger charge is -2.10. The first-order valence-electron chi connectivity index (χ1n) is 6.54. The topological polar surface area (TPSA) is 115 Å². The van der Waals surface area contributed by atoms with E-state index in [4.69, 9.17) is 5.73 Å². The first kappa shape index (κ1) is 14.0. The third-order valence-corrected chi connectivity index (χ3v) is 2.92. The molecule has 20 heavy (non-hydrogen) atoms. The molecule has 1 atom stereocenters. The molecule has 0 aliphatic rings. The van der Waals surface area contributed by atoms with Crippen molar-refractivity contribution in [2.45, 2.75) is 39.8 Å². The van der Waals surface area contributed by atoms with Gasteiger partial charge in [-0.2, -0.15) is 10.1 Å². The number of aromatic nitrogens is 5. The van der Waals surface area contributed by atoms with Crippen molar-refractivity contribution in [1.29, 1.82) is 0 Å². The van der Waals surface area contributed by atoms with Gasteiger partial charge in [-0.1, -0.05) is 6.92 Å². The molecule has 0 spiro atoms. The number of aryl methyl sites for hydroxylation is 2. The van der Waals surface area contributed by atoms with E-state index in [1.165, 1.54) is 0 Å². The molecule has 0 aliphatic heterocycles. The lowest BCUT2D eigenvalue weighted by molar-refractivity contribution is 0.0937. The molecule has 0 unspecified atom stereocenters. The van der Waals surface area contributed by atoms with Crippen LogP contribution >= 0.6 is 0 Å². The van der Waals surface area contributed by atoms with E-state index in [0.717, 1.165) is 13.0 Å². The zero-order valence-corrected chi connectivity index (χ0v) is 11.8. The number of carbonyl (C=O) groups is 1. The molecule has 0 aromatic carbocycles. The summed E-state index contributed by atoms with van der Waals surface area (Å²) >= 11 is 0. The second-order valence-electron chi connectivity index (χ2n) is 4.67. The molecule has 8 nitrogen and oxygen atoms in total. The van der Waals surface area contributed by atoms with Crippen molar-refractivity contribution in [3.05, 3.63) is 23.3 Å². The van der Waals surface area contributed by atoms with Crippen LogP contribution in [0, 0.1) is 6.92 Å². The number of hydrogen-bond acceptors (Lipinski definition) is 5. The van der Waals surface area contributed by atoms with Crippen molar-refractivity contribution < 1.29 is 4.79 Å².